The summed E-state index contributed by atoms with van der Waals surface area (Å²) in [7, 11) is 0. The van der Waals surface area contributed by atoms with E-state index in [0.717, 1.165) is 11.3 Å². The molecule has 30 heavy (non-hydrogen) atoms. The molecule has 8 nitrogen and oxygen atoms in total. The van der Waals surface area contributed by atoms with Gasteiger partial charge in [0.05, 0.1) is 12.1 Å². The summed E-state index contributed by atoms with van der Waals surface area (Å²) in [6.07, 6.45) is 0.151. The zero-order valence-corrected chi connectivity index (χ0v) is 16.9. The van der Waals surface area contributed by atoms with Crippen molar-refractivity contribution >= 4 is 29.4 Å². The average molecular weight is 428 g/mol. The van der Waals surface area contributed by atoms with Crippen LogP contribution in [0.5, 0.6) is 0 Å². The first-order chi connectivity index (χ1) is 14.5. The van der Waals surface area contributed by atoms with E-state index in [4.69, 9.17) is 22.1 Å². The third-order valence-corrected chi connectivity index (χ3v) is 4.56. The van der Waals surface area contributed by atoms with E-state index in [1.807, 2.05) is 48.5 Å². The fraction of sp³-hybridized carbons (Fsp3) is 0.190. The summed E-state index contributed by atoms with van der Waals surface area (Å²) < 4.78 is 6.98. The Hall–Kier alpha value is -3.36. The van der Waals surface area contributed by atoms with Gasteiger partial charge in [-0.15, -0.1) is 5.10 Å². The van der Waals surface area contributed by atoms with E-state index in [2.05, 4.69) is 15.7 Å². The van der Waals surface area contributed by atoms with Crippen molar-refractivity contribution in [2.75, 3.05) is 11.9 Å². The van der Waals surface area contributed by atoms with Crippen molar-refractivity contribution < 1.29 is 14.3 Å². The van der Waals surface area contributed by atoms with Gasteiger partial charge in [0, 0.05) is 30.4 Å². The molecule has 1 aromatic heterocycles. The van der Waals surface area contributed by atoms with Crippen LogP contribution in [-0.4, -0.2) is 34.4 Å². The molecular formula is C21H22ClN5O3. The number of halogens is 1. The molecule has 0 spiro atoms. The number of nitrogens with one attached hydrogen (secondary N) is 2. The Morgan fingerprint density at radius 1 is 1.10 bits per heavy atom. The SMILES string of the molecule is NC(=O)CC(CNCc1ccccc1Cl)OC(=O)Nc1ccn(-c2ccccc2)n1. The van der Waals surface area contributed by atoms with Crippen LogP contribution in [0.1, 0.15) is 12.0 Å². The van der Waals surface area contributed by atoms with Crippen molar-refractivity contribution in [3.63, 3.8) is 0 Å². The fourth-order valence-electron chi connectivity index (χ4n) is 2.79. The lowest BCUT2D eigenvalue weighted by atomic mass is 10.2. The minimum Gasteiger partial charge on any atom is -0.444 e. The summed E-state index contributed by atoms with van der Waals surface area (Å²) in [5, 5.41) is 10.6. The van der Waals surface area contributed by atoms with Crippen LogP contribution in [0.2, 0.25) is 5.02 Å². The highest BCUT2D eigenvalue weighted by Crippen LogP contribution is 2.14. The number of para-hydroxylation sites is 1. The van der Waals surface area contributed by atoms with Crippen molar-refractivity contribution in [1.82, 2.24) is 15.1 Å². The van der Waals surface area contributed by atoms with Crippen LogP contribution < -0.4 is 16.4 Å². The third kappa shape index (κ3) is 6.33. The third-order valence-electron chi connectivity index (χ3n) is 4.19. The molecular weight excluding hydrogens is 406 g/mol. The number of primary amides is 1. The fourth-order valence-corrected chi connectivity index (χ4v) is 2.99. The second-order valence-electron chi connectivity index (χ2n) is 6.53. The van der Waals surface area contributed by atoms with Crippen LogP contribution in [0.15, 0.2) is 66.9 Å². The zero-order valence-electron chi connectivity index (χ0n) is 16.1. The summed E-state index contributed by atoms with van der Waals surface area (Å²) in [6, 6.07) is 18.5. The molecule has 0 aliphatic heterocycles. The van der Waals surface area contributed by atoms with E-state index in [0.29, 0.717) is 17.4 Å². The molecule has 2 amide bonds. The van der Waals surface area contributed by atoms with Gasteiger partial charge in [-0.2, -0.15) is 0 Å². The van der Waals surface area contributed by atoms with Crippen molar-refractivity contribution in [2.45, 2.75) is 19.1 Å². The minimum atomic E-state index is -0.735. The summed E-state index contributed by atoms with van der Waals surface area (Å²) in [6.45, 7) is 0.696. The number of anilines is 1. The molecule has 156 valence electrons. The minimum absolute atomic E-state index is 0.110. The number of rotatable bonds is 9. The quantitative estimate of drug-likeness (QED) is 0.486. The van der Waals surface area contributed by atoms with Crippen LogP contribution in [0.3, 0.4) is 0 Å². The molecule has 0 saturated heterocycles. The number of hydrogen-bond acceptors (Lipinski definition) is 5. The lowest BCUT2D eigenvalue weighted by Crippen LogP contribution is -2.35. The van der Waals surface area contributed by atoms with Gasteiger partial charge in [-0.05, 0) is 23.8 Å². The standard InChI is InChI=1S/C21H22ClN5O3/c22-18-9-5-4-6-15(18)13-24-14-17(12-19(23)28)30-21(29)25-20-10-11-27(26-20)16-7-2-1-3-8-16/h1-11,17,24H,12-14H2,(H2,23,28)(H,25,26,29). The van der Waals surface area contributed by atoms with Gasteiger partial charge < -0.3 is 15.8 Å². The first-order valence-corrected chi connectivity index (χ1v) is 9.70. The van der Waals surface area contributed by atoms with E-state index in [-0.39, 0.29) is 13.0 Å². The molecule has 0 radical (unpaired) electrons. The van der Waals surface area contributed by atoms with Crippen molar-refractivity contribution in [1.29, 1.82) is 0 Å². The van der Waals surface area contributed by atoms with E-state index < -0.39 is 18.1 Å². The number of carbonyl (C=O) groups excluding carboxylic acids is 2. The summed E-state index contributed by atoms with van der Waals surface area (Å²) in [5.74, 6) is -0.244. The maximum atomic E-state index is 12.3. The van der Waals surface area contributed by atoms with Gasteiger partial charge in [0.1, 0.15) is 6.10 Å². The first kappa shape index (κ1) is 21.4. The number of hydrogen-bond donors (Lipinski definition) is 3. The normalized spacial score (nSPS) is 11.6. The maximum absolute atomic E-state index is 12.3. The molecule has 0 fully saturated rings. The lowest BCUT2D eigenvalue weighted by molar-refractivity contribution is -0.119. The lowest BCUT2D eigenvalue weighted by Gasteiger charge is -2.17. The predicted octanol–water partition coefficient (Wildman–Crippen LogP) is 3.11. The molecule has 2 aromatic carbocycles. The van der Waals surface area contributed by atoms with E-state index in [1.165, 1.54) is 0 Å². The number of aromatic nitrogens is 2. The molecule has 1 unspecified atom stereocenters. The molecule has 1 atom stereocenters. The largest absolute Gasteiger partial charge is 0.444 e. The Labute approximate surface area is 179 Å². The number of nitrogens with two attached hydrogens (primary N) is 1. The van der Waals surface area contributed by atoms with Crippen molar-refractivity contribution in [2.24, 2.45) is 5.73 Å². The Morgan fingerprint density at radius 3 is 2.57 bits per heavy atom. The average Bonchev–Trinajstić information content (AvgIpc) is 3.18. The number of ether oxygens (including phenoxy) is 1. The molecule has 3 rings (SSSR count). The van der Waals surface area contributed by atoms with Gasteiger partial charge in [-0.1, -0.05) is 48.0 Å². The van der Waals surface area contributed by atoms with E-state index in [1.54, 1.807) is 23.0 Å². The Balaban J connectivity index is 1.54. The second kappa shape index (κ2) is 10.4. The van der Waals surface area contributed by atoms with Crippen LogP contribution in [-0.2, 0) is 16.1 Å². The van der Waals surface area contributed by atoms with Gasteiger partial charge in [-0.3, -0.25) is 10.1 Å². The number of benzene rings is 2. The molecule has 9 heteroatoms. The van der Waals surface area contributed by atoms with Gasteiger partial charge in [-0.25, -0.2) is 9.48 Å². The highest BCUT2D eigenvalue weighted by atomic mass is 35.5. The van der Waals surface area contributed by atoms with Crippen LogP contribution in [0, 0.1) is 0 Å². The van der Waals surface area contributed by atoms with E-state index in [9.17, 15) is 9.59 Å². The van der Waals surface area contributed by atoms with Crippen LogP contribution >= 0.6 is 11.6 Å². The maximum Gasteiger partial charge on any atom is 0.413 e. The molecule has 4 N–H and O–H groups in total. The Bertz CT molecular complexity index is 993. The Morgan fingerprint density at radius 2 is 1.83 bits per heavy atom. The topological polar surface area (TPSA) is 111 Å². The van der Waals surface area contributed by atoms with Gasteiger partial charge in [0.2, 0.25) is 5.91 Å². The molecule has 0 saturated carbocycles. The summed E-state index contributed by atoms with van der Waals surface area (Å²) >= 11 is 6.13. The first-order valence-electron chi connectivity index (χ1n) is 9.32. The smallest absolute Gasteiger partial charge is 0.413 e. The predicted molar refractivity (Wildman–Crippen MR) is 114 cm³/mol. The van der Waals surface area contributed by atoms with Crippen molar-refractivity contribution in [3.8, 4) is 5.69 Å². The van der Waals surface area contributed by atoms with Crippen LogP contribution in [0.4, 0.5) is 10.6 Å². The van der Waals surface area contributed by atoms with E-state index >= 15 is 0 Å². The summed E-state index contributed by atoms with van der Waals surface area (Å²) in [4.78, 5) is 23.6. The molecule has 0 aliphatic carbocycles. The van der Waals surface area contributed by atoms with Gasteiger partial charge >= 0.3 is 6.09 Å². The highest BCUT2D eigenvalue weighted by molar-refractivity contribution is 6.31. The second-order valence-corrected chi connectivity index (χ2v) is 6.93. The van der Waals surface area contributed by atoms with Gasteiger partial charge in [0.25, 0.3) is 0 Å². The Kier molecular flexibility index (Phi) is 7.42. The molecule has 1 heterocycles. The molecule has 0 aliphatic rings. The monoisotopic (exact) mass is 427 g/mol. The van der Waals surface area contributed by atoms with Crippen molar-refractivity contribution in [3.05, 3.63) is 77.4 Å². The summed E-state index contributed by atoms with van der Waals surface area (Å²) in [5.41, 5.74) is 7.03. The highest BCUT2D eigenvalue weighted by Gasteiger charge is 2.18. The zero-order chi connectivity index (χ0) is 21.3. The number of carbonyl (C=O) groups is 2. The van der Waals surface area contributed by atoms with Gasteiger partial charge in [0.15, 0.2) is 5.82 Å². The number of amides is 2. The number of nitrogens with zero attached hydrogens (tertiary/aromatic N) is 2. The molecule has 3 aromatic rings. The molecule has 0 bridgehead atoms. The van der Waals surface area contributed by atoms with Crippen LogP contribution in [0.25, 0.3) is 5.69 Å².